The van der Waals surface area contributed by atoms with Crippen molar-refractivity contribution >= 4 is 49.9 Å². The molecule has 0 bridgehead atoms. The topological polar surface area (TPSA) is 120 Å². The number of hydrogen-bond acceptors (Lipinski definition) is 5. The minimum atomic E-state index is -0.685. The standard InChI is InChI=1S/C19H16BrN5O2/c1-8-3-6-13(26)9(2)16(8)25-17(21)14(18(22)27)15-19(25)24-11-5-4-10(20)7-12(11)23-15/h3-7,26H,21H2,1-2H3,(H2,22,27). The number of fused-ring (bicyclic) bond motifs is 2. The number of benzene rings is 2. The molecule has 0 fully saturated rings. The van der Waals surface area contributed by atoms with Gasteiger partial charge in [0.1, 0.15) is 22.6 Å². The molecule has 0 aliphatic heterocycles. The molecule has 4 rings (SSSR count). The van der Waals surface area contributed by atoms with E-state index in [4.69, 9.17) is 11.5 Å². The van der Waals surface area contributed by atoms with Gasteiger partial charge in [0, 0.05) is 10.0 Å². The smallest absolute Gasteiger partial charge is 0.254 e. The highest BCUT2D eigenvalue weighted by Gasteiger charge is 2.25. The monoisotopic (exact) mass is 425 g/mol. The van der Waals surface area contributed by atoms with E-state index in [1.807, 2.05) is 25.1 Å². The van der Waals surface area contributed by atoms with Gasteiger partial charge in [-0.2, -0.15) is 0 Å². The number of anilines is 1. The molecule has 0 atom stereocenters. The molecule has 0 aliphatic carbocycles. The van der Waals surface area contributed by atoms with E-state index in [0.29, 0.717) is 33.4 Å². The van der Waals surface area contributed by atoms with Crippen molar-refractivity contribution in [2.75, 3.05) is 5.73 Å². The Bertz CT molecular complexity index is 1260. The first kappa shape index (κ1) is 17.3. The van der Waals surface area contributed by atoms with Gasteiger partial charge in [0.2, 0.25) is 0 Å². The minimum Gasteiger partial charge on any atom is -0.508 e. The van der Waals surface area contributed by atoms with Crippen molar-refractivity contribution in [1.82, 2.24) is 14.5 Å². The quantitative estimate of drug-likeness (QED) is 0.454. The van der Waals surface area contributed by atoms with Crippen molar-refractivity contribution in [2.24, 2.45) is 5.73 Å². The van der Waals surface area contributed by atoms with E-state index in [2.05, 4.69) is 25.9 Å². The van der Waals surface area contributed by atoms with Crippen molar-refractivity contribution < 1.29 is 9.90 Å². The summed E-state index contributed by atoms with van der Waals surface area (Å²) in [4.78, 5) is 21.4. The van der Waals surface area contributed by atoms with Crippen LogP contribution >= 0.6 is 15.9 Å². The Balaban J connectivity index is 2.22. The van der Waals surface area contributed by atoms with Gasteiger partial charge in [0.25, 0.3) is 5.91 Å². The SMILES string of the molecule is Cc1ccc(O)c(C)c1-n1c(N)c(C(N)=O)c2nc3cc(Br)ccc3nc21. The van der Waals surface area contributed by atoms with Crippen LogP contribution in [0.1, 0.15) is 21.5 Å². The molecule has 2 aromatic carbocycles. The molecular weight excluding hydrogens is 410 g/mol. The molecule has 0 radical (unpaired) electrons. The molecule has 0 spiro atoms. The predicted molar refractivity (Wildman–Crippen MR) is 108 cm³/mol. The average molecular weight is 426 g/mol. The number of phenolic OH excluding ortho intramolecular Hbond substituents is 1. The van der Waals surface area contributed by atoms with Gasteiger partial charge in [-0.05, 0) is 43.7 Å². The van der Waals surface area contributed by atoms with Crippen LogP contribution in [-0.4, -0.2) is 25.5 Å². The van der Waals surface area contributed by atoms with Crippen LogP contribution in [0.25, 0.3) is 27.9 Å². The van der Waals surface area contributed by atoms with Crippen LogP contribution in [0.15, 0.2) is 34.8 Å². The first-order chi connectivity index (χ1) is 12.8. The summed E-state index contributed by atoms with van der Waals surface area (Å²) >= 11 is 3.41. The van der Waals surface area contributed by atoms with Gasteiger partial charge < -0.3 is 16.6 Å². The zero-order valence-corrected chi connectivity index (χ0v) is 16.2. The molecule has 27 heavy (non-hydrogen) atoms. The molecule has 4 aromatic rings. The van der Waals surface area contributed by atoms with Crippen LogP contribution in [-0.2, 0) is 0 Å². The number of carbonyl (C=O) groups excluding carboxylic acids is 1. The van der Waals surface area contributed by atoms with Crippen molar-refractivity contribution in [3.05, 3.63) is 51.5 Å². The number of aromatic nitrogens is 3. The summed E-state index contributed by atoms with van der Waals surface area (Å²) in [6, 6.07) is 8.89. The normalized spacial score (nSPS) is 11.4. The molecule has 2 heterocycles. The molecule has 5 N–H and O–H groups in total. The fourth-order valence-electron chi connectivity index (χ4n) is 3.33. The number of primary amides is 1. The van der Waals surface area contributed by atoms with E-state index in [0.717, 1.165) is 10.0 Å². The van der Waals surface area contributed by atoms with Gasteiger partial charge in [-0.15, -0.1) is 0 Å². The van der Waals surface area contributed by atoms with Crippen molar-refractivity contribution in [3.8, 4) is 11.4 Å². The maximum absolute atomic E-state index is 12.1. The Morgan fingerprint density at radius 1 is 1.15 bits per heavy atom. The van der Waals surface area contributed by atoms with Crippen molar-refractivity contribution in [2.45, 2.75) is 13.8 Å². The number of phenols is 1. The Labute approximate surface area is 162 Å². The Morgan fingerprint density at radius 2 is 1.89 bits per heavy atom. The Hall–Kier alpha value is -3.13. The zero-order valence-electron chi connectivity index (χ0n) is 14.6. The Morgan fingerprint density at radius 3 is 2.59 bits per heavy atom. The van der Waals surface area contributed by atoms with Crippen LogP contribution in [0.4, 0.5) is 5.82 Å². The fraction of sp³-hybridized carbons (Fsp3) is 0.105. The molecule has 0 unspecified atom stereocenters. The summed E-state index contributed by atoms with van der Waals surface area (Å²) in [6.45, 7) is 3.67. The van der Waals surface area contributed by atoms with E-state index >= 15 is 0 Å². The third-order valence-corrected chi connectivity index (χ3v) is 5.12. The molecule has 2 aromatic heterocycles. The lowest BCUT2D eigenvalue weighted by Gasteiger charge is -2.15. The Kier molecular flexibility index (Phi) is 3.81. The van der Waals surface area contributed by atoms with E-state index in [1.165, 1.54) is 0 Å². The molecule has 136 valence electrons. The lowest BCUT2D eigenvalue weighted by molar-refractivity contribution is 0.100. The summed E-state index contributed by atoms with van der Waals surface area (Å²) in [5, 5.41) is 10.2. The maximum Gasteiger partial charge on any atom is 0.254 e. The van der Waals surface area contributed by atoms with Gasteiger partial charge in [-0.3, -0.25) is 9.36 Å². The number of carbonyl (C=O) groups is 1. The molecular formula is C19H16BrN5O2. The summed E-state index contributed by atoms with van der Waals surface area (Å²) in [5.41, 5.74) is 16.2. The number of aromatic hydroxyl groups is 1. The lowest BCUT2D eigenvalue weighted by atomic mass is 10.1. The number of amides is 1. The number of aryl methyl sites for hydroxylation is 1. The number of nitrogen functional groups attached to an aromatic ring is 1. The second-order valence-corrected chi connectivity index (χ2v) is 7.28. The third kappa shape index (κ3) is 2.52. The van der Waals surface area contributed by atoms with E-state index in [1.54, 1.807) is 23.6 Å². The first-order valence-corrected chi connectivity index (χ1v) is 8.95. The number of hydrogen-bond donors (Lipinski definition) is 3. The van der Waals surface area contributed by atoms with E-state index < -0.39 is 5.91 Å². The highest BCUT2D eigenvalue weighted by molar-refractivity contribution is 9.10. The number of nitrogens with zero attached hydrogens (tertiary/aromatic N) is 3. The van der Waals surface area contributed by atoms with Crippen LogP contribution < -0.4 is 11.5 Å². The van der Waals surface area contributed by atoms with Crippen molar-refractivity contribution in [1.29, 1.82) is 0 Å². The molecule has 0 saturated heterocycles. The number of halogens is 1. The van der Waals surface area contributed by atoms with Gasteiger partial charge in [0.05, 0.1) is 16.7 Å². The largest absolute Gasteiger partial charge is 0.508 e. The summed E-state index contributed by atoms with van der Waals surface area (Å²) in [7, 11) is 0. The van der Waals surface area contributed by atoms with Gasteiger partial charge in [-0.1, -0.05) is 22.0 Å². The summed E-state index contributed by atoms with van der Waals surface area (Å²) in [6.07, 6.45) is 0. The van der Waals surface area contributed by atoms with Crippen LogP contribution in [0.3, 0.4) is 0 Å². The average Bonchev–Trinajstić information content (AvgIpc) is 2.88. The third-order valence-electron chi connectivity index (χ3n) is 4.63. The molecule has 7 nitrogen and oxygen atoms in total. The fourth-order valence-corrected chi connectivity index (χ4v) is 3.68. The highest BCUT2D eigenvalue weighted by atomic mass is 79.9. The van der Waals surface area contributed by atoms with Gasteiger partial charge in [0.15, 0.2) is 5.65 Å². The second-order valence-electron chi connectivity index (χ2n) is 6.36. The first-order valence-electron chi connectivity index (χ1n) is 8.16. The minimum absolute atomic E-state index is 0.113. The second kappa shape index (κ2) is 5.95. The highest BCUT2D eigenvalue weighted by Crippen LogP contribution is 2.35. The zero-order chi connectivity index (χ0) is 19.5. The molecule has 0 saturated carbocycles. The number of rotatable bonds is 2. The van der Waals surface area contributed by atoms with E-state index in [9.17, 15) is 9.90 Å². The molecule has 1 amide bonds. The maximum atomic E-state index is 12.1. The van der Waals surface area contributed by atoms with Gasteiger partial charge >= 0.3 is 0 Å². The lowest BCUT2D eigenvalue weighted by Crippen LogP contribution is -2.14. The molecule has 8 heteroatoms. The number of nitrogens with two attached hydrogens (primary N) is 2. The summed E-state index contributed by atoms with van der Waals surface area (Å²) < 4.78 is 2.48. The van der Waals surface area contributed by atoms with Crippen LogP contribution in [0.2, 0.25) is 0 Å². The van der Waals surface area contributed by atoms with Crippen LogP contribution in [0, 0.1) is 13.8 Å². The molecule has 0 aliphatic rings. The predicted octanol–water partition coefficient (Wildman–Crippen LogP) is 3.34. The van der Waals surface area contributed by atoms with Gasteiger partial charge in [-0.25, -0.2) is 9.97 Å². The van der Waals surface area contributed by atoms with Crippen molar-refractivity contribution in [3.63, 3.8) is 0 Å². The van der Waals surface area contributed by atoms with E-state index in [-0.39, 0.29) is 17.1 Å². The van der Waals surface area contributed by atoms with Crippen LogP contribution in [0.5, 0.6) is 5.75 Å². The summed E-state index contributed by atoms with van der Waals surface area (Å²) in [5.74, 6) is -0.422.